The minimum Gasteiger partial charge on any atom is -0.493 e. The van der Waals surface area contributed by atoms with Gasteiger partial charge >= 0.3 is 0 Å². The van der Waals surface area contributed by atoms with Gasteiger partial charge < -0.3 is 14.8 Å². The molecule has 146 valence electrons. The Hall–Kier alpha value is -2.63. The Morgan fingerprint density at radius 3 is 2.32 bits per heavy atom. The Bertz CT molecular complexity index is 912. The van der Waals surface area contributed by atoms with Gasteiger partial charge in [-0.2, -0.15) is 0 Å². The van der Waals surface area contributed by atoms with E-state index in [4.69, 9.17) is 21.1 Å². The number of nitrogens with one attached hydrogen (secondary N) is 1. The summed E-state index contributed by atoms with van der Waals surface area (Å²) in [5.41, 5.74) is 2.29. The molecule has 3 rings (SSSR count). The highest BCUT2D eigenvalue weighted by molar-refractivity contribution is 6.31. The fraction of sp³-hybridized carbons (Fsp3) is 0.182. The third-order valence-electron chi connectivity index (χ3n) is 4.23. The molecule has 0 heterocycles. The van der Waals surface area contributed by atoms with Crippen LogP contribution in [0.3, 0.4) is 0 Å². The van der Waals surface area contributed by atoms with Crippen LogP contribution in [-0.2, 0) is 19.7 Å². The van der Waals surface area contributed by atoms with E-state index in [1.54, 1.807) is 37.4 Å². The van der Waals surface area contributed by atoms with Crippen molar-refractivity contribution in [3.05, 3.63) is 94.0 Å². The first-order valence-electron chi connectivity index (χ1n) is 8.74. The second-order valence-corrected chi connectivity index (χ2v) is 6.61. The van der Waals surface area contributed by atoms with E-state index in [9.17, 15) is 8.78 Å². The maximum Gasteiger partial charge on any atom is 0.161 e. The molecule has 0 fully saturated rings. The van der Waals surface area contributed by atoms with E-state index in [0.717, 1.165) is 11.1 Å². The molecule has 1 N–H and O–H groups in total. The zero-order valence-electron chi connectivity index (χ0n) is 15.3. The lowest BCUT2D eigenvalue weighted by atomic mass is 10.1. The van der Waals surface area contributed by atoms with E-state index in [2.05, 4.69) is 5.32 Å². The summed E-state index contributed by atoms with van der Waals surface area (Å²) >= 11 is 6.03. The number of ether oxygens (including phenoxy) is 2. The van der Waals surface area contributed by atoms with Crippen LogP contribution in [-0.4, -0.2) is 7.11 Å². The molecule has 0 aliphatic rings. The predicted octanol–water partition coefficient (Wildman–Crippen LogP) is 5.50. The maximum atomic E-state index is 13.9. The average Bonchev–Trinajstić information content (AvgIpc) is 2.69. The van der Waals surface area contributed by atoms with Crippen LogP contribution in [0.2, 0.25) is 5.02 Å². The first-order chi connectivity index (χ1) is 13.6. The fourth-order valence-corrected chi connectivity index (χ4v) is 2.93. The van der Waals surface area contributed by atoms with Gasteiger partial charge in [0.05, 0.1) is 12.1 Å². The molecular formula is C22H20ClF2NO2. The molecule has 0 amide bonds. The third kappa shape index (κ3) is 5.21. The van der Waals surface area contributed by atoms with Crippen molar-refractivity contribution in [2.45, 2.75) is 19.7 Å². The summed E-state index contributed by atoms with van der Waals surface area (Å²) in [5, 5.41) is 3.62. The fourth-order valence-electron chi connectivity index (χ4n) is 2.71. The van der Waals surface area contributed by atoms with Crippen LogP contribution in [0.15, 0.2) is 60.7 Å². The van der Waals surface area contributed by atoms with E-state index in [1.165, 1.54) is 18.2 Å². The van der Waals surface area contributed by atoms with Crippen molar-refractivity contribution in [3.8, 4) is 11.5 Å². The molecule has 3 aromatic rings. The number of halogens is 3. The van der Waals surface area contributed by atoms with Crippen LogP contribution >= 0.6 is 11.6 Å². The van der Waals surface area contributed by atoms with Crippen molar-refractivity contribution in [3.63, 3.8) is 0 Å². The van der Waals surface area contributed by atoms with Gasteiger partial charge in [-0.3, -0.25) is 0 Å². The van der Waals surface area contributed by atoms with Gasteiger partial charge in [-0.25, -0.2) is 8.78 Å². The van der Waals surface area contributed by atoms with Crippen molar-refractivity contribution in [1.29, 1.82) is 0 Å². The van der Waals surface area contributed by atoms with E-state index in [1.807, 2.05) is 12.1 Å². The van der Waals surface area contributed by atoms with Gasteiger partial charge in [0.15, 0.2) is 11.5 Å². The molecule has 0 saturated carbocycles. The number of methoxy groups -OCH3 is 1. The topological polar surface area (TPSA) is 30.5 Å². The second kappa shape index (κ2) is 9.53. The Morgan fingerprint density at radius 1 is 0.893 bits per heavy atom. The molecule has 0 aromatic heterocycles. The van der Waals surface area contributed by atoms with E-state index in [-0.39, 0.29) is 12.4 Å². The van der Waals surface area contributed by atoms with Crippen molar-refractivity contribution in [1.82, 2.24) is 5.32 Å². The zero-order chi connectivity index (χ0) is 19.9. The number of hydrogen-bond acceptors (Lipinski definition) is 3. The van der Waals surface area contributed by atoms with Crippen LogP contribution in [0, 0.1) is 11.6 Å². The summed E-state index contributed by atoms with van der Waals surface area (Å²) in [5.74, 6) is 0.395. The number of hydrogen-bond donors (Lipinski definition) is 1. The number of benzene rings is 3. The minimum atomic E-state index is -0.409. The Balaban J connectivity index is 1.61. The van der Waals surface area contributed by atoms with Gasteiger partial charge in [0.2, 0.25) is 0 Å². The van der Waals surface area contributed by atoms with Gasteiger partial charge in [-0.1, -0.05) is 35.9 Å². The summed E-state index contributed by atoms with van der Waals surface area (Å²) in [4.78, 5) is 0. The lowest BCUT2D eigenvalue weighted by Crippen LogP contribution is -2.12. The van der Waals surface area contributed by atoms with Crippen molar-refractivity contribution < 1.29 is 18.3 Å². The van der Waals surface area contributed by atoms with Crippen LogP contribution in [0.5, 0.6) is 11.5 Å². The van der Waals surface area contributed by atoms with Crippen molar-refractivity contribution in [2.75, 3.05) is 7.11 Å². The summed E-state index contributed by atoms with van der Waals surface area (Å²) in [7, 11) is 1.55. The van der Waals surface area contributed by atoms with Crippen LogP contribution in [0.1, 0.15) is 16.7 Å². The molecule has 0 aliphatic carbocycles. The van der Waals surface area contributed by atoms with Gasteiger partial charge in [-0.15, -0.1) is 0 Å². The molecule has 3 aromatic carbocycles. The molecule has 3 nitrogen and oxygen atoms in total. The van der Waals surface area contributed by atoms with E-state index in [0.29, 0.717) is 35.2 Å². The Kier molecular flexibility index (Phi) is 6.85. The first-order valence-corrected chi connectivity index (χ1v) is 9.12. The highest BCUT2D eigenvalue weighted by Gasteiger charge is 2.11. The standard InChI is InChI=1S/C22H20ClF2NO2/c1-27-22-11-16(13-26-12-15-5-8-17(24)9-6-15)7-10-21(22)28-14-18-19(23)3-2-4-20(18)25/h2-11,26H,12-14H2,1H3. The Labute approximate surface area is 167 Å². The molecule has 28 heavy (non-hydrogen) atoms. The highest BCUT2D eigenvalue weighted by atomic mass is 35.5. The normalized spacial score (nSPS) is 10.7. The third-order valence-corrected chi connectivity index (χ3v) is 4.59. The smallest absolute Gasteiger partial charge is 0.161 e. The van der Waals surface area contributed by atoms with Gasteiger partial charge in [0.25, 0.3) is 0 Å². The minimum absolute atomic E-state index is 0.00400. The summed E-state index contributed by atoms with van der Waals surface area (Å²) in [6, 6.07) is 16.4. The largest absolute Gasteiger partial charge is 0.493 e. The maximum absolute atomic E-state index is 13.9. The summed E-state index contributed by atoms with van der Waals surface area (Å²) in [6.45, 7) is 1.23. The van der Waals surface area contributed by atoms with Crippen molar-refractivity contribution >= 4 is 11.6 Å². The second-order valence-electron chi connectivity index (χ2n) is 6.20. The quantitative estimate of drug-likeness (QED) is 0.539. The molecule has 0 unspecified atom stereocenters. The van der Waals surface area contributed by atoms with Crippen LogP contribution in [0.25, 0.3) is 0 Å². The first kappa shape index (κ1) is 20.1. The van der Waals surface area contributed by atoms with Gasteiger partial charge in [0.1, 0.15) is 18.2 Å². The molecule has 6 heteroatoms. The lowest BCUT2D eigenvalue weighted by Gasteiger charge is -2.14. The monoisotopic (exact) mass is 403 g/mol. The number of rotatable bonds is 8. The molecule has 0 aliphatic heterocycles. The van der Waals surface area contributed by atoms with E-state index < -0.39 is 5.82 Å². The lowest BCUT2D eigenvalue weighted by molar-refractivity contribution is 0.279. The molecular weight excluding hydrogens is 384 g/mol. The SMILES string of the molecule is COc1cc(CNCc2ccc(F)cc2)ccc1OCc1c(F)cccc1Cl. The molecule has 0 atom stereocenters. The molecule has 0 bridgehead atoms. The van der Waals surface area contributed by atoms with Gasteiger partial charge in [-0.05, 0) is 47.5 Å². The van der Waals surface area contributed by atoms with Gasteiger partial charge in [0, 0.05) is 18.7 Å². The highest BCUT2D eigenvalue weighted by Crippen LogP contribution is 2.30. The van der Waals surface area contributed by atoms with Crippen molar-refractivity contribution in [2.24, 2.45) is 0 Å². The molecule has 0 saturated heterocycles. The summed E-state index contributed by atoms with van der Waals surface area (Å²) < 4.78 is 37.9. The van der Waals surface area contributed by atoms with E-state index >= 15 is 0 Å². The predicted molar refractivity (Wildman–Crippen MR) is 106 cm³/mol. The molecule has 0 radical (unpaired) electrons. The average molecular weight is 404 g/mol. The summed E-state index contributed by atoms with van der Waals surface area (Å²) in [6.07, 6.45) is 0. The van der Waals surface area contributed by atoms with Crippen LogP contribution in [0.4, 0.5) is 8.78 Å². The molecule has 0 spiro atoms. The van der Waals surface area contributed by atoms with Crippen LogP contribution < -0.4 is 14.8 Å². The Morgan fingerprint density at radius 2 is 1.61 bits per heavy atom. The zero-order valence-corrected chi connectivity index (χ0v) is 16.1.